The molecule has 0 amide bonds. The Kier molecular flexibility index (Phi) is 4.12. The SMILES string of the molecule is COC(=O)c1occc1CNc1cccc(Cl)c1C. The standard InChI is InChI=1S/C14H14ClNO3/c1-9-11(15)4-3-5-12(9)16-8-10-6-7-19-13(10)14(17)18-2/h3-7,16H,8H2,1-2H3. The Hall–Kier alpha value is -1.94. The summed E-state index contributed by atoms with van der Waals surface area (Å²) >= 11 is 6.05. The number of benzene rings is 1. The molecule has 0 aliphatic rings. The van der Waals surface area contributed by atoms with E-state index < -0.39 is 5.97 Å². The van der Waals surface area contributed by atoms with Crippen LogP contribution in [0.15, 0.2) is 34.9 Å². The molecule has 1 aromatic carbocycles. The Balaban J connectivity index is 2.13. The first-order chi connectivity index (χ1) is 9.13. The second-order valence-corrected chi connectivity index (χ2v) is 4.44. The third kappa shape index (κ3) is 2.90. The van der Waals surface area contributed by atoms with Crippen molar-refractivity contribution in [3.63, 3.8) is 0 Å². The molecule has 0 spiro atoms. The van der Waals surface area contributed by atoms with Crippen LogP contribution in [0.25, 0.3) is 0 Å². The lowest BCUT2D eigenvalue weighted by atomic mass is 10.2. The van der Waals surface area contributed by atoms with Crippen molar-refractivity contribution in [3.8, 4) is 0 Å². The fourth-order valence-corrected chi connectivity index (χ4v) is 1.91. The Labute approximate surface area is 116 Å². The minimum absolute atomic E-state index is 0.217. The molecule has 0 saturated carbocycles. The van der Waals surface area contributed by atoms with E-state index >= 15 is 0 Å². The third-order valence-electron chi connectivity index (χ3n) is 2.85. The Morgan fingerprint density at radius 2 is 2.21 bits per heavy atom. The molecule has 0 unspecified atom stereocenters. The number of methoxy groups -OCH3 is 1. The lowest BCUT2D eigenvalue weighted by Crippen LogP contribution is -2.07. The molecule has 4 nitrogen and oxygen atoms in total. The van der Waals surface area contributed by atoms with Crippen LogP contribution in [0, 0.1) is 6.92 Å². The summed E-state index contributed by atoms with van der Waals surface area (Å²) in [5.74, 6) is -0.265. The van der Waals surface area contributed by atoms with Crippen molar-refractivity contribution in [2.24, 2.45) is 0 Å². The van der Waals surface area contributed by atoms with Crippen molar-refractivity contribution >= 4 is 23.3 Å². The minimum Gasteiger partial charge on any atom is -0.463 e. The maximum Gasteiger partial charge on any atom is 0.374 e. The number of hydrogen-bond donors (Lipinski definition) is 1. The summed E-state index contributed by atoms with van der Waals surface area (Å²) in [4.78, 5) is 11.5. The zero-order valence-electron chi connectivity index (χ0n) is 10.7. The van der Waals surface area contributed by atoms with E-state index in [-0.39, 0.29) is 5.76 Å². The fraction of sp³-hybridized carbons (Fsp3) is 0.214. The van der Waals surface area contributed by atoms with Gasteiger partial charge in [-0.15, -0.1) is 0 Å². The summed E-state index contributed by atoms with van der Waals surface area (Å²) in [5, 5.41) is 3.92. The van der Waals surface area contributed by atoms with Crippen molar-refractivity contribution in [1.29, 1.82) is 0 Å². The number of hydrogen-bond acceptors (Lipinski definition) is 4. The van der Waals surface area contributed by atoms with Gasteiger partial charge in [-0.1, -0.05) is 17.7 Å². The van der Waals surface area contributed by atoms with E-state index in [1.807, 2.05) is 25.1 Å². The van der Waals surface area contributed by atoms with Crippen LogP contribution in [-0.2, 0) is 11.3 Å². The largest absolute Gasteiger partial charge is 0.463 e. The number of rotatable bonds is 4. The van der Waals surface area contributed by atoms with Gasteiger partial charge < -0.3 is 14.5 Å². The van der Waals surface area contributed by atoms with Crippen LogP contribution >= 0.6 is 11.6 Å². The number of esters is 1. The number of carbonyl (C=O) groups is 1. The number of ether oxygens (including phenoxy) is 1. The van der Waals surface area contributed by atoms with Gasteiger partial charge in [0.2, 0.25) is 5.76 Å². The first-order valence-corrected chi connectivity index (χ1v) is 6.15. The van der Waals surface area contributed by atoms with Crippen LogP contribution in [0.4, 0.5) is 5.69 Å². The Bertz CT molecular complexity index is 592. The van der Waals surface area contributed by atoms with Gasteiger partial charge in [0.25, 0.3) is 0 Å². The molecule has 1 N–H and O–H groups in total. The van der Waals surface area contributed by atoms with Crippen LogP contribution in [0.5, 0.6) is 0 Å². The van der Waals surface area contributed by atoms with Gasteiger partial charge in [-0.25, -0.2) is 4.79 Å². The van der Waals surface area contributed by atoms with Crippen LogP contribution < -0.4 is 5.32 Å². The van der Waals surface area contributed by atoms with Crippen LogP contribution in [0.1, 0.15) is 21.7 Å². The molecule has 0 bridgehead atoms. The van der Waals surface area contributed by atoms with Crippen LogP contribution in [0.2, 0.25) is 5.02 Å². The monoisotopic (exact) mass is 279 g/mol. The van der Waals surface area contributed by atoms with Gasteiger partial charge in [-0.2, -0.15) is 0 Å². The molecule has 1 aromatic heterocycles. The highest BCUT2D eigenvalue weighted by Crippen LogP contribution is 2.24. The lowest BCUT2D eigenvalue weighted by Gasteiger charge is -2.10. The van der Waals surface area contributed by atoms with Crippen LogP contribution in [-0.4, -0.2) is 13.1 Å². The molecule has 5 heteroatoms. The van der Waals surface area contributed by atoms with Gasteiger partial charge in [-0.3, -0.25) is 0 Å². The van der Waals surface area contributed by atoms with Crippen molar-refractivity contribution < 1.29 is 13.9 Å². The van der Waals surface area contributed by atoms with Gasteiger partial charge in [0, 0.05) is 22.8 Å². The molecule has 0 aliphatic carbocycles. The lowest BCUT2D eigenvalue weighted by molar-refractivity contribution is 0.0563. The van der Waals surface area contributed by atoms with Gasteiger partial charge in [-0.05, 0) is 30.7 Å². The van der Waals surface area contributed by atoms with Crippen molar-refractivity contribution in [3.05, 3.63) is 52.4 Å². The minimum atomic E-state index is -0.482. The van der Waals surface area contributed by atoms with E-state index in [9.17, 15) is 4.79 Å². The molecule has 19 heavy (non-hydrogen) atoms. The highest BCUT2D eigenvalue weighted by Gasteiger charge is 2.15. The molecule has 1 heterocycles. The van der Waals surface area contributed by atoms with Crippen molar-refractivity contribution in [2.75, 3.05) is 12.4 Å². The number of carbonyl (C=O) groups excluding carboxylic acids is 1. The number of furan rings is 1. The summed E-state index contributed by atoms with van der Waals surface area (Å²) in [7, 11) is 1.32. The third-order valence-corrected chi connectivity index (χ3v) is 3.26. The second-order valence-electron chi connectivity index (χ2n) is 4.03. The second kappa shape index (κ2) is 5.80. The predicted molar refractivity (Wildman–Crippen MR) is 73.6 cm³/mol. The molecule has 2 aromatic rings. The first kappa shape index (κ1) is 13.5. The van der Waals surface area contributed by atoms with Gasteiger partial charge in [0.05, 0.1) is 13.4 Å². The maximum atomic E-state index is 11.5. The van der Waals surface area contributed by atoms with E-state index in [0.717, 1.165) is 16.8 Å². The fourth-order valence-electron chi connectivity index (χ4n) is 1.74. The van der Waals surface area contributed by atoms with E-state index in [2.05, 4.69) is 10.1 Å². The zero-order chi connectivity index (χ0) is 13.8. The zero-order valence-corrected chi connectivity index (χ0v) is 11.5. The van der Waals surface area contributed by atoms with E-state index in [4.69, 9.17) is 16.0 Å². The summed E-state index contributed by atoms with van der Waals surface area (Å²) < 4.78 is 9.77. The summed E-state index contributed by atoms with van der Waals surface area (Å²) in [6.45, 7) is 2.39. The molecule has 2 rings (SSSR count). The topological polar surface area (TPSA) is 51.5 Å². The summed E-state index contributed by atoms with van der Waals surface area (Å²) in [6.07, 6.45) is 1.47. The van der Waals surface area contributed by atoms with Gasteiger partial charge in [0.1, 0.15) is 0 Å². The van der Waals surface area contributed by atoms with Crippen molar-refractivity contribution in [2.45, 2.75) is 13.5 Å². The Morgan fingerprint density at radius 3 is 2.95 bits per heavy atom. The number of halogens is 1. The molecule has 0 saturated heterocycles. The average molecular weight is 280 g/mol. The molecule has 100 valence electrons. The highest BCUT2D eigenvalue weighted by molar-refractivity contribution is 6.31. The summed E-state index contributed by atoms with van der Waals surface area (Å²) in [6, 6.07) is 7.37. The highest BCUT2D eigenvalue weighted by atomic mass is 35.5. The van der Waals surface area contributed by atoms with Gasteiger partial charge >= 0.3 is 5.97 Å². The predicted octanol–water partition coefficient (Wildman–Crippen LogP) is 3.64. The Morgan fingerprint density at radius 1 is 1.42 bits per heavy atom. The number of nitrogens with one attached hydrogen (secondary N) is 1. The van der Waals surface area contributed by atoms with Crippen molar-refractivity contribution in [1.82, 2.24) is 0 Å². The van der Waals surface area contributed by atoms with E-state index in [1.54, 1.807) is 6.07 Å². The smallest absolute Gasteiger partial charge is 0.374 e. The molecule has 0 atom stereocenters. The maximum absolute atomic E-state index is 11.5. The van der Waals surface area contributed by atoms with E-state index in [0.29, 0.717) is 11.6 Å². The first-order valence-electron chi connectivity index (χ1n) is 5.77. The van der Waals surface area contributed by atoms with Gasteiger partial charge in [0.15, 0.2) is 0 Å². The quantitative estimate of drug-likeness (QED) is 0.868. The normalized spacial score (nSPS) is 10.3. The molecule has 0 fully saturated rings. The number of anilines is 1. The molecular formula is C14H14ClNO3. The average Bonchev–Trinajstić information content (AvgIpc) is 2.88. The molecular weight excluding hydrogens is 266 g/mol. The van der Waals surface area contributed by atoms with Crippen LogP contribution in [0.3, 0.4) is 0 Å². The molecule has 0 aliphatic heterocycles. The summed E-state index contributed by atoms with van der Waals surface area (Å²) in [5.41, 5.74) is 2.63. The van der Waals surface area contributed by atoms with E-state index in [1.165, 1.54) is 13.4 Å². The molecule has 0 radical (unpaired) electrons.